The largest absolute Gasteiger partial charge is 0.257 e. The molecule has 5 aromatic rings. The van der Waals surface area contributed by atoms with Gasteiger partial charge in [0.25, 0.3) is 0 Å². The van der Waals surface area contributed by atoms with Crippen molar-refractivity contribution < 1.29 is 0 Å². The Morgan fingerprint density at radius 1 is 0.700 bits per heavy atom. The lowest BCUT2D eigenvalue weighted by atomic mass is 9.36. The number of hydrogen-bond acceptors (Lipinski definition) is 1. The van der Waals surface area contributed by atoms with Crippen LogP contribution in [0.4, 0.5) is 0 Å². The molecule has 0 radical (unpaired) electrons. The van der Waals surface area contributed by atoms with Crippen molar-refractivity contribution in [3.63, 3.8) is 0 Å². The van der Waals surface area contributed by atoms with Crippen molar-refractivity contribution in [3.8, 4) is 22.4 Å². The van der Waals surface area contributed by atoms with Crippen molar-refractivity contribution in [2.45, 2.75) is 73.1 Å². The molecule has 0 N–H and O–H groups in total. The van der Waals surface area contributed by atoms with Crippen molar-refractivity contribution in [1.82, 2.24) is 4.98 Å². The molecule has 0 unspecified atom stereocenters. The van der Waals surface area contributed by atoms with Gasteiger partial charge in [-0.15, -0.1) is 0 Å². The maximum atomic E-state index is 4.94. The van der Waals surface area contributed by atoms with E-state index in [1.165, 1.54) is 73.4 Å². The Bertz CT molecular complexity index is 1610. The van der Waals surface area contributed by atoms with E-state index in [-0.39, 0.29) is 6.71 Å². The average Bonchev–Trinajstić information content (AvgIpc) is 3.30. The molecule has 0 fully saturated rings. The highest BCUT2D eigenvalue weighted by atomic mass is 14.7. The molecule has 0 spiro atoms. The van der Waals surface area contributed by atoms with Gasteiger partial charge in [0, 0.05) is 6.20 Å². The first-order valence-corrected chi connectivity index (χ1v) is 15.1. The monoisotopic (exact) mass is 523 g/mol. The van der Waals surface area contributed by atoms with Gasteiger partial charge in [0.15, 0.2) is 0 Å². The van der Waals surface area contributed by atoms with Crippen molar-refractivity contribution in [2.75, 3.05) is 0 Å². The molecule has 4 aromatic carbocycles. The quantitative estimate of drug-likeness (QED) is 0.206. The molecule has 2 heteroatoms. The summed E-state index contributed by atoms with van der Waals surface area (Å²) in [4.78, 5) is 4.94. The zero-order chi connectivity index (χ0) is 28.4. The number of rotatable bonds is 5. The summed E-state index contributed by atoms with van der Waals surface area (Å²) >= 11 is 0. The highest BCUT2D eigenvalue weighted by molar-refractivity contribution is 6.99. The summed E-state index contributed by atoms with van der Waals surface area (Å²) in [5.41, 5.74) is 13.4. The maximum Gasteiger partial charge on any atom is 0.245 e. The molecule has 6 rings (SSSR count). The molecule has 0 bridgehead atoms. The summed E-state index contributed by atoms with van der Waals surface area (Å²) in [5, 5.41) is 2.58. The van der Waals surface area contributed by atoms with E-state index in [0.717, 1.165) is 5.69 Å². The van der Waals surface area contributed by atoms with Gasteiger partial charge in [0.1, 0.15) is 0 Å². The zero-order valence-corrected chi connectivity index (χ0v) is 25.3. The molecule has 0 amide bonds. The van der Waals surface area contributed by atoms with E-state index in [1.54, 1.807) is 0 Å². The van der Waals surface area contributed by atoms with Crippen molar-refractivity contribution in [1.29, 1.82) is 0 Å². The number of pyridine rings is 1. The van der Waals surface area contributed by atoms with Crippen LogP contribution in [0.5, 0.6) is 0 Å². The molecule has 1 aromatic heterocycles. The topological polar surface area (TPSA) is 12.9 Å². The van der Waals surface area contributed by atoms with Crippen molar-refractivity contribution in [3.05, 3.63) is 108 Å². The summed E-state index contributed by atoms with van der Waals surface area (Å²) in [6.45, 7) is 16.1. The minimum Gasteiger partial charge on any atom is -0.257 e. The molecule has 2 heterocycles. The van der Waals surface area contributed by atoms with Crippen LogP contribution >= 0.6 is 0 Å². The van der Waals surface area contributed by atoms with E-state index in [2.05, 4.69) is 133 Å². The Kier molecular flexibility index (Phi) is 8.26. The Hall–Kier alpha value is -3.65. The summed E-state index contributed by atoms with van der Waals surface area (Å²) in [6.07, 6.45) is 4.58. The number of hydrogen-bond donors (Lipinski definition) is 0. The lowest BCUT2D eigenvalue weighted by Gasteiger charge is -2.24. The van der Waals surface area contributed by atoms with Gasteiger partial charge < -0.3 is 0 Å². The van der Waals surface area contributed by atoms with Gasteiger partial charge in [0.2, 0.25) is 6.71 Å². The van der Waals surface area contributed by atoms with Crippen LogP contribution in [0.1, 0.15) is 82.9 Å². The van der Waals surface area contributed by atoms with Gasteiger partial charge in [-0.3, -0.25) is 4.98 Å². The normalized spacial score (nSPS) is 12.0. The molecule has 1 aliphatic heterocycles. The van der Waals surface area contributed by atoms with Gasteiger partial charge >= 0.3 is 0 Å². The Labute approximate surface area is 241 Å². The maximum absolute atomic E-state index is 4.94. The van der Waals surface area contributed by atoms with E-state index in [1.807, 2.05) is 6.20 Å². The van der Waals surface area contributed by atoms with Crippen LogP contribution in [0.3, 0.4) is 0 Å². The van der Waals surface area contributed by atoms with E-state index in [9.17, 15) is 0 Å². The first kappa shape index (κ1) is 27.9. The van der Waals surface area contributed by atoms with Crippen LogP contribution in [-0.4, -0.2) is 11.7 Å². The molecule has 1 nitrogen and oxygen atoms in total. The number of aromatic nitrogens is 1. The lowest BCUT2D eigenvalue weighted by Crippen LogP contribution is -2.52. The summed E-state index contributed by atoms with van der Waals surface area (Å²) in [6, 6.07) is 31.5. The Balaban J connectivity index is 0.000000758. The lowest BCUT2D eigenvalue weighted by molar-refractivity contribution is 0.845. The molecule has 1 aliphatic rings. The summed E-state index contributed by atoms with van der Waals surface area (Å²) < 4.78 is 0. The first-order chi connectivity index (χ1) is 19.4. The van der Waals surface area contributed by atoms with Gasteiger partial charge in [0.05, 0.1) is 5.69 Å². The molecular weight excluding hydrogens is 481 g/mol. The van der Waals surface area contributed by atoms with E-state index in [0.29, 0.717) is 11.8 Å². The predicted molar refractivity (Wildman–Crippen MR) is 177 cm³/mol. The predicted octanol–water partition coefficient (Wildman–Crippen LogP) is 8.76. The van der Waals surface area contributed by atoms with Crippen LogP contribution < -0.4 is 16.4 Å². The number of fused-ring (bicyclic) bond motifs is 4. The molecule has 0 saturated carbocycles. The van der Waals surface area contributed by atoms with Crippen LogP contribution in [-0.2, 0) is 0 Å². The fraction of sp³-hybridized carbons (Fsp3) is 0.289. The van der Waals surface area contributed by atoms with Gasteiger partial charge in [-0.25, -0.2) is 0 Å². The highest BCUT2D eigenvalue weighted by Crippen LogP contribution is 2.34. The smallest absolute Gasteiger partial charge is 0.245 e. The Morgan fingerprint density at radius 2 is 1.35 bits per heavy atom. The third-order valence-corrected chi connectivity index (χ3v) is 8.37. The SMILES string of the molecule is CCCC.Cc1cc(-c2cccc3ccccc23)cc2c1-c1ncccc1B2c1c(C(C)C)cccc1C(C)C. The minimum absolute atomic E-state index is 0.188. The molecule has 0 aliphatic carbocycles. The van der Waals surface area contributed by atoms with Crippen molar-refractivity contribution >= 4 is 33.9 Å². The average molecular weight is 524 g/mol. The molecule has 202 valence electrons. The zero-order valence-electron chi connectivity index (χ0n) is 25.3. The second-order valence-electron chi connectivity index (χ2n) is 11.8. The second-order valence-corrected chi connectivity index (χ2v) is 11.8. The van der Waals surface area contributed by atoms with Crippen LogP contribution in [0, 0.1) is 6.92 Å². The number of benzene rings is 4. The van der Waals surface area contributed by atoms with Crippen LogP contribution in [0.2, 0.25) is 0 Å². The fourth-order valence-corrected chi connectivity index (χ4v) is 6.28. The standard InChI is InChI=1S/C34H32BN.C4H10/c1-21(2)26-14-9-15-27(22(3)4)33(26)35-30-17-10-18-36-34(30)32-23(5)19-25(20-31(32)35)29-16-8-12-24-11-6-7-13-28(24)29;1-3-4-2/h6-22H,1-5H3;3-4H2,1-2H3. The van der Waals surface area contributed by atoms with E-state index in [4.69, 9.17) is 4.98 Å². The molecule has 0 saturated heterocycles. The van der Waals surface area contributed by atoms with E-state index < -0.39 is 0 Å². The van der Waals surface area contributed by atoms with Gasteiger partial charge in [-0.1, -0.05) is 144 Å². The fourth-order valence-electron chi connectivity index (χ4n) is 6.28. The third-order valence-electron chi connectivity index (χ3n) is 8.37. The van der Waals surface area contributed by atoms with Crippen LogP contribution in [0.25, 0.3) is 33.2 Å². The first-order valence-electron chi connectivity index (χ1n) is 15.1. The summed E-state index contributed by atoms with van der Waals surface area (Å²) in [7, 11) is 0. The van der Waals surface area contributed by atoms with Gasteiger partial charge in [-0.05, 0) is 74.4 Å². The van der Waals surface area contributed by atoms with E-state index >= 15 is 0 Å². The number of unbranched alkanes of at least 4 members (excludes halogenated alkanes) is 1. The third kappa shape index (κ3) is 5.01. The Morgan fingerprint density at radius 3 is 2.02 bits per heavy atom. The molecule has 40 heavy (non-hydrogen) atoms. The minimum atomic E-state index is 0.188. The molecule has 0 atom stereocenters. The molecular formula is C38H42BN. The van der Waals surface area contributed by atoms with Gasteiger partial charge in [-0.2, -0.15) is 0 Å². The number of aryl methyl sites for hydroxylation is 1. The number of nitrogens with zero attached hydrogens (tertiary/aromatic N) is 1. The van der Waals surface area contributed by atoms with Crippen molar-refractivity contribution in [2.24, 2.45) is 0 Å². The highest BCUT2D eigenvalue weighted by Gasteiger charge is 2.38. The summed E-state index contributed by atoms with van der Waals surface area (Å²) in [5.74, 6) is 0.899. The van der Waals surface area contributed by atoms with Crippen LogP contribution in [0.15, 0.2) is 91.1 Å². The second kappa shape index (κ2) is 11.8.